The molecule has 0 aromatic rings. The van der Waals surface area contributed by atoms with Crippen molar-refractivity contribution in [2.24, 2.45) is 5.92 Å². The van der Waals surface area contributed by atoms with E-state index in [0.29, 0.717) is 12.2 Å². The maximum atomic E-state index is 12.0. The fraction of sp³-hybridized carbons (Fsp3) is 1.00. The van der Waals surface area contributed by atoms with Gasteiger partial charge < -0.3 is 5.11 Å². The number of rotatable bonds is 1. The summed E-state index contributed by atoms with van der Waals surface area (Å²) in [4.78, 5) is 0. The van der Waals surface area contributed by atoms with Crippen LogP contribution in [-0.2, 0) is 0 Å². The van der Waals surface area contributed by atoms with Gasteiger partial charge in [-0.05, 0) is 24.3 Å². The molecule has 0 aliphatic carbocycles. The van der Waals surface area contributed by atoms with Crippen LogP contribution < -0.4 is 0 Å². The van der Waals surface area contributed by atoms with E-state index in [0.717, 1.165) is 12.2 Å². The average molecular weight is 200 g/mol. The third kappa shape index (κ3) is 2.55. The van der Waals surface area contributed by atoms with Gasteiger partial charge in [-0.25, -0.2) is 0 Å². The number of alkyl halides is 3. The number of hydrogen-bond acceptors (Lipinski definition) is 2. The van der Waals surface area contributed by atoms with Crippen LogP contribution in [0.2, 0.25) is 0 Å². The van der Waals surface area contributed by atoms with Crippen molar-refractivity contribution in [3.8, 4) is 0 Å². The molecule has 0 spiro atoms. The van der Waals surface area contributed by atoms with E-state index in [1.807, 2.05) is 0 Å². The van der Waals surface area contributed by atoms with Gasteiger partial charge in [-0.15, -0.1) is 0 Å². The van der Waals surface area contributed by atoms with Crippen LogP contribution in [0.4, 0.5) is 13.2 Å². The van der Waals surface area contributed by atoms with E-state index >= 15 is 0 Å². The molecule has 12 heavy (non-hydrogen) atoms. The monoisotopic (exact) mass is 200 g/mol. The Morgan fingerprint density at radius 2 is 2.08 bits per heavy atom. The summed E-state index contributed by atoms with van der Waals surface area (Å²) in [7, 11) is 0. The van der Waals surface area contributed by atoms with Gasteiger partial charge in [0.15, 0.2) is 6.10 Å². The smallest absolute Gasteiger partial charge is 0.383 e. The van der Waals surface area contributed by atoms with Gasteiger partial charge in [0.05, 0.1) is 0 Å². The van der Waals surface area contributed by atoms with E-state index in [1.54, 1.807) is 0 Å². The maximum Gasteiger partial charge on any atom is 0.414 e. The molecule has 0 saturated carbocycles. The zero-order valence-corrected chi connectivity index (χ0v) is 7.29. The van der Waals surface area contributed by atoms with Gasteiger partial charge in [0.25, 0.3) is 0 Å². The van der Waals surface area contributed by atoms with E-state index in [9.17, 15) is 13.2 Å². The average Bonchev–Trinajstić information content (AvgIpc) is 2.03. The largest absolute Gasteiger partial charge is 0.414 e. The van der Waals surface area contributed by atoms with Gasteiger partial charge in [-0.2, -0.15) is 24.9 Å². The van der Waals surface area contributed by atoms with Crippen molar-refractivity contribution in [1.29, 1.82) is 0 Å². The molecular weight excluding hydrogens is 189 g/mol. The highest BCUT2D eigenvalue weighted by Gasteiger charge is 2.43. The second-order valence-electron chi connectivity index (χ2n) is 2.96. The zero-order chi connectivity index (χ0) is 9.19. The maximum absolute atomic E-state index is 12.0. The normalized spacial score (nSPS) is 28.5. The van der Waals surface area contributed by atoms with Crippen LogP contribution in [0.5, 0.6) is 0 Å². The number of hydrogen-bond donors (Lipinski definition) is 1. The highest BCUT2D eigenvalue weighted by atomic mass is 32.2. The summed E-state index contributed by atoms with van der Waals surface area (Å²) in [6.45, 7) is 0. The lowest BCUT2D eigenvalue weighted by Gasteiger charge is -2.27. The van der Waals surface area contributed by atoms with Crippen molar-refractivity contribution in [3.63, 3.8) is 0 Å². The number of aliphatic hydroxyl groups is 1. The molecule has 5 heteroatoms. The van der Waals surface area contributed by atoms with Crippen molar-refractivity contribution in [1.82, 2.24) is 0 Å². The van der Waals surface area contributed by atoms with Crippen molar-refractivity contribution in [3.05, 3.63) is 0 Å². The highest BCUT2D eigenvalue weighted by molar-refractivity contribution is 7.99. The molecule has 0 amide bonds. The van der Waals surface area contributed by atoms with Gasteiger partial charge in [-0.3, -0.25) is 0 Å². The fourth-order valence-electron chi connectivity index (χ4n) is 1.28. The molecule has 1 unspecified atom stereocenters. The number of halogens is 3. The number of aliphatic hydroxyl groups excluding tert-OH is 1. The quantitative estimate of drug-likeness (QED) is 0.699. The molecule has 1 aliphatic heterocycles. The Hall–Kier alpha value is 0.100. The summed E-state index contributed by atoms with van der Waals surface area (Å²) in [6, 6.07) is 0. The Morgan fingerprint density at radius 1 is 1.42 bits per heavy atom. The molecule has 0 radical (unpaired) electrons. The minimum Gasteiger partial charge on any atom is -0.383 e. The van der Waals surface area contributed by atoms with Crippen LogP contribution in [0.15, 0.2) is 0 Å². The number of thioether (sulfide) groups is 1. The van der Waals surface area contributed by atoms with Gasteiger partial charge in [0.1, 0.15) is 0 Å². The van der Waals surface area contributed by atoms with Gasteiger partial charge in [-0.1, -0.05) is 0 Å². The summed E-state index contributed by atoms with van der Waals surface area (Å²) >= 11 is 1.49. The standard InChI is InChI=1S/C7H11F3OS/c8-7(9,10)6(11)5-2-1-3-12-4-5/h5-6,11H,1-4H2/t5?,6-/m1/s1. The third-order valence-electron chi connectivity index (χ3n) is 1.98. The molecular formula is C7H11F3OS. The Kier molecular flexibility index (Phi) is 3.29. The van der Waals surface area contributed by atoms with Crippen molar-refractivity contribution < 1.29 is 18.3 Å². The molecule has 1 rings (SSSR count). The Morgan fingerprint density at radius 3 is 2.50 bits per heavy atom. The van der Waals surface area contributed by atoms with E-state index in [4.69, 9.17) is 5.11 Å². The predicted molar refractivity (Wildman–Crippen MR) is 42.1 cm³/mol. The molecule has 0 bridgehead atoms. The van der Waals surface area contributed by atoms with Gasteiger partial charge in [0, 0.05) is 5.92 Å². The van der Waals surface area contributed by atoms with Crippen LogP contribution >= 0.6 is 11.8 Å². The van der Waals surface area contributed by atoms with E-state index < -0.39 is 18.2 Å². The molecule has 0 aromatic heterocycles. The van der Waals surface area contributed by atoms with Crippen molar-refractivity contribution in [2.75, 3.05) is 11.5 Å². The topological polar surface area (TPSA) is 20.2 Å². The van der Waals surface area contributed by atoms with Crippen molar-refractivity contribution in [2.45, 2.75) is 25.1 Å². The third-order valence-corrected chi connectivity index (χ3v) is 3.22. The summed E-state index contributed by atoms with van der Waals surface area (Å²) in [6.07, 6.45) is -5.29. The minimum absolute atomic E-state index is 0.431. The molecule has 1 N–H and O–H groups in total. The van der Waals surface area contributed by atoms with Crippen LogP contribution in [0.25, 0.3) is 0 Å². The molecule has 0 aromatic carbocycles. The predicted octanol–water partition coefficient (Wildman–Crippen LogP) is 2.05. The first-order valence-corrected chi connectivity index (χ1v) is 5.00. The van der Waals surface area contributed by atoms with Crippen LogP contribution in [0.1, 0.15) is 12.8 Å². The SMILES string of the molecule is O[C@H](C1CCCSC1)C(F)(F)F. The lowest BCUT2D eigenvalue weighted by molar-refractivity contribution is -0.217. The Balaban J connectivity index is 2.45. The van der Waals surface area contributed by atoms with E-state index in [1.165, 1.54) is 11.8 Å². The second kappa shape index (κ2) is 3.87. The molecule has 72 valence electrons. The van der Waals surface area contributed by atoms with Crippen molar-refractivity contribution >= 4 is 11.8 Å². The van der Waals surface area contributed by atoms with Gasteiger partial charge >= 0.3 is 6.18 Å². The van der Waals surface area contributed by atoms with Crippen LogP contribution in [-0.4, -0.2) is 28.9 Å². The Labute approximate surface area is 73.3 Å². The summed E-state index contributed by atoms with van der Waals surface area (Å²) in [5, 5.41) is 8.87. The molecule has 1 fully saturated rings. The first-order chi connectivity index (χ1) is 5.52. The summed E-state index contributed by atoms with van der Waals surface area (Å²) < 4.78 is 35.9. The molecule has 1 aliphatic rings. The van der Waals surface area contributed by atoms with Crippen LogP contribution in [0.3, 0.4) is 0 Å². The Bertz CT molecular complexity index is 142. The lowest BCUT2D eigenvalue weighted by atomic mass is 9.98. The molecule has 1 nitrogen and oxygen atoms in total. The summed E-state index contributed by atoms with van der Waals surface area (Å²) in [5.74, 6) is 0.755. The molecule has 1 heterocycles. The lowest BCUT2D eigenvalue weighted by Crippen LogP contribution is -2.38. The first kappa shape index (κ1) is 10.2. The fourth-order valence-corrected chi connectivity index (χ4v) is 2.47. The summed E-state index contributed by atoms with van der Waals surface area (Å²) in [5.41, 5.74) is 0. The first-order valence-electron chi connectivity index (χ1n) is 3.84. The zero-order valence-electron chi connectivity index (χ0n) is 6.47. The minimum atomic E-state index is -4.44. The van der Waals surface area contributed by atoms with E-state index in [-0.39, 0.29) is 0 Å². The second-order valence-corrected chi connectivity index (χ2v) is 4.11. The molecule has 1 saturated heterocycles. The van der Waals surface area contributed by atoms with E-state index in [2.05, 4.69) is 0 Å². The highest BCUT2D eigenvalue weighted by Crippen LogP contribution is 2.33. The van der Waals surface area contributed by atoms with Gasteiger partial charge in [0.2, 0.25) is 0 Å². The van der Waals surface area contributed by atoms with Crippen LogP contribution in [0, 0.1) is 5.92 Å². The molecule has 2 atom stereocenters.